The Morgan fingerprint density at radius 2 is 2.12 bits per heavy atom. The summed E-state index contributed by atoms with van der Waals surface area (Å²) in [5.74, 6) is 0.677. The van der Waals surface area contributed by atoms with Gasteiger partial charge < -0.3 is 15.0 Å². The highest BCUT2D eigenvalue weighted by Crippen LogP contribution is 2.18. The van der Waals surface area contributed by atoms with Crippen LogP contribution in [0.1, 0.15) is 21.5 Å². The van der Waals surface area contributed by atoms with Gasteiger partial charge in [0.05, 0.1) is 24.8 Å². The van der Waals surface area contributed by atoms with Crippen molar-refractivity contribution in [3.8, 4) is 6.07 Å². The van der Waals surface area contributed by atoms with Gasteiger partial charge in [-0.25, -0.2) is 4.98 Å². The maximum atomic E-state index is 12.3. The highest BCUT2D eigenvalue weighted by molar-refractivity contribution is 5.94. The topological polar surface area (TPSA) is 78.2 Å². The average molecular weight is 322 g/mol. The SMILES string of the molecule is N#Cc1cccc(C(=O)NCc2cccnc2N2CCOCC2)c1. The average Bonchev–Trinajstić information content (AvgIpc) is 2.67. The number of nitriles is 1. The molecule has 1 N–H and O–H groups in total. The van der Waals surface area contributed by atoms with Crippen LogP contribution in [0.2, 0.25) is 0 Å². The molecule has 0 atom stereocenters. The largest absolute Gasteiger partial charge is 0.378 e. The molecule has 1 aliphatic heterocycles. The molecule has 0 unspecified atom stereocenters. The maximum absolute atomic E-state index is 12.3. The summed E-state index contributed by atoms with van der Waals surface area (Å²) in [6.45, 7) is 3.34. The first kappa shape index (κ1) is 16.0. The van der Waals surface area contributed by atoms with Gasteiger partial charge in [-0.1, -0.05) is 12.1 Å². The number of hydrogen-bond donors (Lipinski definition) is 1. The van der Waals surface area contributed by atoms with E-state index in [4.69, 9.17) is 10.00 Å². The fourth-order valence-electron chi connectivity index (χ4n) is 2.64. The van der Waals surface area contributed by atoms with Crippen molar-refractivity contribution in [1.82, 2.24) is 10.3 Å². The molecule has 1 aromatic heterocycles. The maximum Gasteiger partial charge on any atom is 0.251 e. The fraction of sp³-hybridized carbons (Fsp3) is 0.278. The number of morpholine rings is 1. The van der Waals surface area contributed by atoms with Crippen molar-refractivity contribution >= 4 is 11.7 Å². The molecular weight excluding hydrogens is 304 g/mol. The van der Waals surface area contributed by atoms with Gasteiger partial charge in [0, 0.05) is 37.0 Å². The summed E-state index contributed by atoms with van der Waals surface area (Å²) in [6, 6.07) is 12.5. The number of pyridine rings is 1. The number of aromatic nitrogens is 1. The van der Waals surface area contributed by atoms with Gasteiger partial charge in [0.2, 0.25) is 0 Å². The molecule has 3 rings (SSSR count). The molecule has 6 nitrogen and oxygen atoms in total. The Hall–Kier alpha value is -2.91. The number of rotatable bonds is 4. The quantitative estimate of drug-likeness (QED) is 0.927. The first-order valence-corrected chi connectivity index (χ1v) is 7.83. The van der Waals surface area contributed by atoms with Crippen molar-refractivity contribution in [2.45, 2.75) is 6.54 Å². The fourth-order valence-corrected chi connectivity index (χ4v) is 2.64. The van der Waals surface area contributed by atoms with E-state index >= 15 is 0 Å². The number of nitrogens with one attached hydrogen (secondary N) is 1. The van der Waals surface area contributed by atoms with Crippen LogP contribution < -0.4 is 10.2 Å². The minimum Gasteiger partial charge on any atom is -0.378 e. The molecule has 2 aromatic rings. The van der Waals surface area contributed by atoms with Crippen LogP contribution in [-0.4, -0.2) is 37.2 Å². The zero-order valence-corrected chi connectivity index (χ0v) is 13.2. The Morgan fingerprint density at radius 3 is 2.92 bits per heavy atom. The molecule has 122 valence electrons. The van der Waals surface area contributed by atoms with Crippen molar-refractivity contribution < 1.29 is 9.53 Å². The number of benzene rings is 1. The predicted octanol–water partition coefficient (Wildman–Crippen LogP) is 1.72. The molecule has 1 aromatic carbocycles. The van der Waals surface area contributed by atoms with Gasteiger partial charge >= 0.3 is 0 Å². The van der Waals surface area contributed by atoms with E-state index in [2.05, 4.69) is 15.2 Å². The van der Waals surface area contributed by atoms with Crippen molar-refractivity contribution in [2.24, 2.45) is 0 Å². The van der Waals surface area contributed by atoms with E-state index in [0.717, 1.165) is 24.5 Å². The lowest BCUT2D eigenvalue weighted by Gasteiger charge is -2.29. The van der Waals surface area contributed by atoms with Crippen LogP contribution in [0.5, 0.6) is 0 Å². The lowest BCUT2D eigenvalue weighted by molar-refractivity contribution is 0.0950. The first-order chi connectivity index (χ1) is 11.8. The zero-order valence-electron chi connectivity index (χ0n) is 13.2. The number of hydrogen-bond acceptors (Lipinski definition) is 5. The van der Waals surface area contributed by atoms with Crippen molar-refractivity contribution in [3.63, 3.8) is 0 Å². The minimum atomic E-state index is -0.205. The molecule has 24 heavy (non-hydrogen) atoms. The third kappa shape index (κ3) is 3.70. The van der Waals surface area contributed by atoms with E-state index < -0.39 is 0 Å². The van der Waals surface area contributed by atoms with Crippen molar-refractivity contribution in [3.05, 3.63) is 59.3 Å². The van der Waals surface area contributed by atoms with Crippen LogP contribution in [0.15, 0.2) is 42.6 Å². The van der Waals surface area contributed by atoms with Crippen LogP contribution >= 0.6 is 0 Å². The van der Waals surface area contributed by atoms with Gasteiger partial charge in [0.1, 0.15) is 5.82 Å². The standard InChI is InChI=1S/C18H18N4O2/c19-12-14-3-1-4-15(11-14)18(23)21-13-16-5-2-6-20-17(16)22-7-9-24-10-8-22/h1-6,11H,7-10,13H2,(H,21,23). The van der Waals surface area contributed by atoms with Crippen LogP contribution in [0.4, 0.5) is 5.82 Å². The van der Waals surface area contributed by atoms with Crippen LogP contribution in [0, 0.1) is 11.3 Å². The van der Waals surface area contributed by atoms with Gasteiger partial charge in [0.15, 0.2) is 0 Å². The number of ether oxygens (including phenoxy) is 1. The predicted molar refractivity (Wildman–Crippen MR) is 89.6 cm³/mol. The van der Waals surface area contributed by atoms with E-state index in [-0.39, 0.29) is 5.91 Å². The summed E-state index contributed by atoms with van der Waals surface area (Å²) in [6.07, 6.45) is 1.76. The highest BCUT2D eigenvalue weighted by atomic mass is 16.5. The molecule has 0 radical (unpaired) electrons. The molecule has 1 saturated heterocycles. The third-order valence-corrected chi connectivity index (χ3v) is 3.87. The molecule has 1 aliphatic rings. The van der Waals surface area contributed by atoms with Crippen LogP contribution in [-0.2, 0) is 11.3 Å². The van der Waals surface area contributed by atoms with Gasteiger partial charge in [-0.2, -0.15) is 5.26 Å². The van der Waals surface area contributed by atoms with E-state index in [0.29, 0.717) is 30.9 Å². The van der Waals surface area contributed by atoms with Gasteiger partial charge in [0.25, 0.3) is 5.91 Å². The summed E-state index contributed by atoms with van der Waals surface area (Å²) in [5.41, 5.74) is 1.91. The molecular formula is C18H18N4O2. The van der Waals surface area contributed by atoms with E-state index in [1.165, 1.54) is 0 Å². The highest BCUT2D eigenvalue weighted by Gasteiger charge is 2.16. The van der Waals surface area contributed by atoms with Crippen molar-refractivity contribution in [1.29, 1.82) is 5.26 Å². The molecule has 0 aliphatic carbocycles. The smallest absolute Gasteiger partial charge is 0.251 e. The molecule has 1 amide bonds. The summed E-state index contributed by atoms with van der Waals surface area (Å²) in [7, 11) is 0. The Morgan fingerprint density at radius 1 is 1.29 bits per heavy atom. The zero-order chi connectivity index (χ0) is 16.8. The Labute approximate surface area is 140 Å². The van der Waals surface area contributed by atoms with Gasteiger partial charge in [-0.15, -0.1) is 0 Å². The Bertz CT molecular complexity index is 764. The Balaban J connectivity index is 1.70. The molecule has 6 heteroatoms. The molecule has 2 heterocycles. The molecule has 0 saturated carbocycles. The summed E-state index contributed by atoms with van der Waals surface area (Å²) in [5, 5.41) is 11.8. The summed E-state index contributed by atoms with van der Waals surface area (Å²) in [4.78, 5) is 18.9. The van der Waals surface area contributed by atoms with Gasteiger partial charge in [-0.05, 0) is 24.3 Å². The van der Waals surface area contributed by atoms with Crippen molar-refractivity contribution in [2.75, 3.05) is 31.2 Å². The summed E-state index contributed by atoms with van der Waals surface area (Å²) < 4.78 is 5.37. The monoisotopic (exact) mass is 322 g/mol. The number of carbonyl (C=O) groups is 1. The lowest BCUT2D eigenvalue weighted by Crippen LogP contribution is -2.37. The second-order valence-electron chi connectivity index (χ2n) is 5.46. The number of amides is 1. The second-order valence-corrected chi connectivity index (χ2v) is 5.46. The third-order valence-electron chi connectivity index (χ3n) is 3.87. The molecule has 0 bridgehead atoms. The van der Waals surface area contributed by atoms with Gasteiger partial charge in [-0.3, -0.25) is 4.79 Å². The van der Waals surface area contributed by atoms with Crippen LogP contribution in [0.3, 0.4) is 0 Å². The van der Waals surface area contributed by atoms with E-state index in [1.54, 1.807) is 30.5 Å². The molecule has 1 fully saturated rings. The minimum absolute atomic E-state index is 0.205. The summed E-state index contributed by atoms with van der Waals surface area (Å²) >= 11 is 0. The second kappa shape index (κ2) is 7.57. The Kier molecular flexibility index (Phi) is 5.04. The van der Waals surface area contributed by atoms with Crippen LogP contribution in [0.25, 0.3) is 0 Å². The lowest BCUT2D eigenvalue weighted by atomic mass is 10.1. The number of nitrogens with zero attached hydrogens (tertiary/aromatic N) is 3. The van der Waals surface area contributed by atoms with E-state index in [9.17, 15) is 4.79 Å². The van der Waals surface area contributed by atoms with E-state index in [1.807, 2.05) is 18.2 Å². The molecule has 0 spiro atoms. The number of carbonyl (C=O) groups excluding carboxylic acids is 1. The normalized spacial score (nSPS) is 14.0. The number of anilines is 1. The first-order valence-electron chi connectivity index (χ1n) is 7.83.